The summed E-state index contributed by atoms with van der Waals surface area (Å²) in [5.74, 6) is -0.432. The number of rotatable bonds is 6. The number of amides is 2. The first kappa shape index (κ1) is 20.2. The number of nitrogens with zero attached hydrogens (tertiary/aromatic N) is 1. The van der Waals surface area contributed by atoms with Gasteiger partial charge in [-0.2, -0.15) is 0 Å². The molecule has 4 rings (SSSR count). The summed E-state index contributed by atoms with van der Waals surface area (Å²) < 4.78 is 0. The van der Waals surface area contributed by atoms with Gasteiger partial charge in [0.15, 0.2) is 0 Å². The minimum Gasteiger partial charge on any atom is -0.355 e. The molecule has 4 nitrogen and oxygen atoms in total. The minimum absolute atomic E-state index is 0.0415. The van der Waals surface area contributed by atoms with Crippen LogP contribution < -0.4 is 10.2 Å². The van der Waals surface area contributed by atoms with E-state index < -0.39 is 0 Å². The van der Waals surface area contributed by atoms with Crippen molar-refractivity contribution in [3.63, 3.8) is 0 Å². The van der Waals surface area contributed by atoms with Crippen molar-refractivity contribution in [1.82, 2.24) is 5.32 Å². The Morgan fingerprint density at radius 3 is 2.07 bits per heavy atom. The second-order valence-electron chi connectivity index (χ2n) is 7.50. The van der Waals surface area contributed by atoms with Crippen molar-refractivity contribution in [2.45, 2.75) is 12.3 Å². The first-order valence-corrected chi connectivity index (χ1v) is 10.4. The summed E-state index contributed by atoms with van der Waals surface area (Å²) in [4.78, 5) is 27.0. The Labute approximate surface area is 181 Å². The largest absolute Gasteiger partial charge is 0.355 e. The summed E-state index contributed by atoms with van der Waals surface area (Å²) in [5, 5.41) is 3.70. The normalized spacial score (nSPS) is 16.1. The van der Waals surface area contributed by atoms with Crippen LogP contribution in [0, 0.1) is 5.92 Å². The van der Waals surface area contributed by atoms with Crippen molar-refractivity contribution in [1.29, 1.82) is 0 Å². The highest BCUT2D eigenvalue weighted by Gasteiger charge is 2.35. The summed E-state index contributed by atoms with van der Waals surface area (Å²) >= 11 is 5.94. The maximum atomic E-state index is 12.9. The Hall–Kier alpha value is -3.11. The van der Waals surface area contributed by atoms with E-state index in [2.05, 4.69) is 29.6 Å². The van der Waals surface area contributed by atoms with E-state index in [9.17, 15) is 9.59 Å². The number of benzene rings is 3. The van der Waals surface area contributed by atoms with Crippen LogP contribution in [0.1, 0.15) is 23.5 Å². The van der Waals surface area contributed by atoms with Gasteiger partial charge in [-0.25, -0.2) is 0 Å². The van der Waals surface area contributed by atoms with Crippen LogP contribution >= 0.6 is 11.6 Å². The Morgan fingerprint density at radius 2 is 1.50 bits per heavy atom. The molecule has 30 heavy (non-hydrogen) atoms. The zero-order chi connectivity index (χ0) is 20.9. The molecule has 0 bridgehead atoms. The average molecular weight is 419 g/mol. The smallest absolute Gasteiger partial charge is 0.227 e. The van der Waals surface area contributed by atoms with E-state index in [0.717, 1.165) is 16.8 Å². The zero-order valence-electron chi connectivity index (χ0n) is 16.5. The van der Waals surface area contributed by atoms with Gasteiger partial charge >= 0.3 is 0 Å². The van der Waals surface area contributed by atoms with Crippen LogP contribution in [0.2, 0.25) is 5.02 Å². The van der Waals surface area contributed by atoms with E-state index in [1.165, 1.54) is 0 Å². The Kier molecular flexibility index (Phi) is 6.15. The molecule has 0 spiro atoms. The van der Waals surface area contributed by atoms with Gasteiger partial charge in [-0.1, -0.05) is 72.3 Å². The average Bonchev–Trinajstić information content (AvgIpc) is 3.17. The van der Waals surface area contributed by atoms with Crippen LogP contribution in [0.3, 0.4) is 0 Å². The fraction of sp³-hybridized carbons (Fsp3) is 0.200. The number of hydrogen-bond acceptors (Lipinski definition) is 2. The number of carbonyl (C=O) groups is 2. The van der Waals surface area contributed by atoms with Crippen molar-refractivity contribution < 1.29 is 9.59 Å². The third-order valence-corrected chi connectivity index (χ3v) is 5.77. The van der Waals surface area contributed by atoms with E-state index in [1.54, 1.807) is 29.2 Å². The molecule has 0 saturated carbocycles. The standard InChI is InChI=1S/C25H23ClN2O2/c26-21-11-13-22(14-12-21)28-17-20(15-24(28)29)25(30)27-16-23(18-7-3-1-4-8-18)19-9-5-2-6-10-19/h1-14,20,23H,15-17H2,(H,27,30)/t20-/m0/s1. The fourth-order valence-electron chi connectivity index (χ4n) is 3.90. The molecule has 3 aromatic carbocycles. The summed E-state index contributed by atoms with van der Waals surface area (Å²) in [5.41, 5.74) is 3.06. The molecule has 1 atom stereocenters. The fourth-order valence-corrected chi connectivity index (χ4v) is 4.03. The van der Waals surface area contributed by atoms with Gasteiger partial charge in [-0.05, 0) is 35.4 Å². The molecule has 5 heteroatoms. The topological polar surface area (TPSA) is 49.4 Å². The van der Waals surface area contributed by atoms with Crippen molar-refractivity contribution in [2.75, 3.05) is 18.0 Å². The maximum Gasteiger partial charge on any atom is 0.227 e. The molecule has 1 heterocycles. The molecule has 0 unspecified atom stereocenters. The van der Waals surface area contributed by atoms with Gasteiger partial charge in [-0.15, -0.1) is 0 Å². The number of nitrogens with one attached hydrogen (secondary N) is 1. The van der Waals surface area contributed by atoms with E-state index >= 15 is 0 Å². The third-order valence-electron chi connectivity index (χ3n) is 5.52. The van der Waals surface area contributed by atoms with Gasteiger partial charge in [0.05, 0.1) is 5.92 Å². The van der Waals surface area contributed by atoms with E-state index in [4.69, 9.17) is 11.6 Å². The van der Waals surface area contributed by atoms with Crippen LogP contribution in [0.25, 0.3) is 0 Å². The number of anilines is 1. The highest BCUT2D eigenvalue weighted by Crippen LogP contribution is 2.27. The SMILES string of the molecule is O=C(NCC(c1ccccc1)c1ccccc1)[C@H]1CC(=O)N(c2ccc(Cl)cc2)C1. The Balaban J connectivity index is 1.44. The molecule has 3 aromatic rings. The van der Waals surface area contributed by atoms with Crippen molar-refractivity contribution in [2.24, 2.45) is 5.92 Å². The third kappa shape index (κ3) is 4.55. The second kappa shape index (κ2) is 9.14. The molecule has 152 valence electrons. The van der Waals surface area contributed by atoms with Crippen molar-refractivity contribution in [3.05, 3.63) is 101 Å². The summed E-state index contributed by atoms with van der Waals surface area (Å²) in [6.45, 7) is 0.867. The zero-order valence-corrected chi connectivity index (χ0v) is 17.3. The first-order valence-electron chi connectivity index (χ1n) is 10.1. The van der Waals surface area contributed by atoms with Gasteiger partial charge in [0.1, 0.15) is 0 Å². The molecular formula is C25H23ClN2O2. The quantitative estimate of drug-likeness (QED) is 0.633. The Bertz CT molecular complexity index is 967. The summed E-state index contributed by atoms with van der Waals surface area (Å²) in [7, 11) is 0. The van der Waals surface area contributed by atoms with Crippen LogP contribution in [-0.4, -0.2) is 24.9 Å². The minimum atomic E-state index is -0.361. The predicted molar refractivity (Wildman–Crippen MR) is 120 cm³/mol. The van der Waals surface area contributed by atoms with Crippen LogP contribution in [0.5, 0.6) is 0 Å². The monoisotopic (exact) mass is 418 g/mol. The molecular weight excluding hydrogens is 396 g/mol. The van der Waals surface area contributed by atoms with E-state index in [1.807, 2.05) is 36.4 Å². The lowest BCUT2D eigenvalue weighted by Gasteiger charge is -2.20. The second-order valence-corrected chi connectivity index (χ2v) is 7.94. The lowest BCUT2D eigenvalue weighted by molar-refractivity contribution is -0.126. The number of halogens is 1. The van der Waals surface area contributed by atoms with Crippen LogP contribution in [0.4, 0.5) is 5.69 Å². The number of hydrogen-bond donors (Lipinski definition) is 1. The number of carbonyl (C=O) groups excluding carboxylic acids is 2. The van der Waals surface area contributed by atoms with Crippen LogP contribution in [0.15, 0.2) is 84.9 Å². The molecule has 1 saturated heterocycles. The molecule has 1 N–H and O–H groups in total. The van der Waals surface area contributed by atoms with Gasteiger partial charge in [0, 0.05) is 36.1 Å². The Morgan fingerprint density at radius 1 is 0.933 bits per heavy atom. The maximum absolute atomic E-state index is 12.9. The first-order chi connectivity index (χ1) is 14.6. The van der Waals surface area contributed by atoms with Gasteiger partial charge in [0.2, 0.25) is 11.8 Å². The van der Waals surface area contributed by atoms with Crippen molar-refractivity contribution >= 4 is 29.1 Å². The molecule has 0 aliphatic carbocycles. The highest BCUT2D eigenvalue weighted by atomic mass is 35.5. The highest BCUT2D eigenvalue weighted by molar-refractivity contribution is 6.30. The van der Waals surface area contributed by atoms with Crippen molar-refractivity contribution in [3.8, 4) is 0 Å². The summed E-state index contributed by atoms with van der Waals surface area (Å²) in [6.07, 6.45) is 0.218. The molecule has 0 aromatic heterocycles. The molecule has 1 fully saturated rings. The molecule has 1 aliphatic rings. The molecule has 0 radical (unpaired) electrons. The van der Waals surface area contributed by atoms with E-state index in [0.29, 0.717) is 18.1 Å². The van der Waals surface area contributed by atoms with Crippen LogP contribution in [-0.2, 0) is 9.59 Å². The molecule has 2 amide bonds. The predicted octanol–water partition coefficient (Wildman–Crippen LogP) is 4.64. The lowest BCUT2D eigenvalue weighted by atomic mass is 9.91. The lowest BCUT2D eigenvalue weighted by Crippen LogP contribution is -2.35. The molecule has 1 aliphatic heterocycles. The van der Waals surface area contributed by atoms with Gasteiger partial charge < -0.3 is 10.2 Å². The van der Waals surface area contributed by atoms with Gasteiger partial charge in [0.25, 0.3) is 0 Å². The van der Waals surface area contributed by atoms with E-state index in [-0.39, 0.29) is 30.1 Å². The summed E-state index contributed by atoms with van der Waals surface area (Å²) in [6, 6.07) is 27.4. The van der Waals surface area contributed by atoms with Gasteiger partial charge in [-0.3, -0.25) is 9.59 Å².